The fraction of sp³-hybridized carbons (Fsp3) is 0.786. The Morgan fingerprint density at radius 1 is 1.40 bits per heavy atom. The van der Waals surface area contributed by atoms with E-state index in [4.69, 9.17) is 5.73 Å². The van der Waals surface area contributed by atoms with Gasteiger partial charge in [0.1, 0.15) is 12.6 Å². The van der Waals surface area contributed by atoms with Crippen molar-refractivity contribution in [1.29, 1.82) is 0 Å². The second-order valence-electron chi connectivity index (χ2n) is 5.95. The van der Waals surface area contributed by atoms with Crippen LogP contribution in [0.2, 0.25) is 0 Å². The summed E-state index contributed by atoms with van der Waals surface area (Å²) in [5, 5.41) is 2.29. The maximum absolute atomic E-state index is 12.6. The summed E-state index contributed by atoms with van der Waals surface area (Å²) in [5.41, 5.74) is 5.97. The number of carbonyl (C=O) groups excluding carboxylic acids is 3. The first-order chi connectivity index (χ1) is 9.43. The maximum atomic E-state index is 12.6. The van der Waals surface area contributed by atoms with Crippen molar-refractivity contribution in [2.75, 3.05) is 6.54 Å². The molecule has 3 amide bonds. The number of carbonyl (C=O) groups is 3. The number of hydrogen-bond acceptors (Lipinski definition) is 4. The molecular weight excluding hydrogens is 258 g/mol. The number of piperazine rings is 1. The zero-order valence-corrected chi connectivity index (χ0v) is 12.1. The molecule has 0 aromatic rings. The molecule has 0 aromatic carbocycles. The molecule has 4 atom stereocenters. The summed E-state index contributed by atoms with van der Waals surface area (Å²) in [7, 11) is 0. The van der Waals surface area contributed by atoms with E-state index in [0.29, 0.717) is 12.3 Å². The third-order valence-electron chi connectivity index (χ3n) is 4.51. The Morgan fingerprint density at radius 3 is 2.70 bits per heavy atom. The zero-order chi connectivity index (χ0) is 14.9. The highest BCUT2D eigenvalue weighted by molar-refractivity contribution is 6.04. The molecule has 6 nitrogen and oxygen atoms in total. The van der Waals surface area contributed by atoms with Crippen molar-refractivity contribution in [1.82, 2.24) is 10.2 Å². The Balaban J connectivity index is 2.10. The number of nitrogens with zero attached hydrogens (tertiary/aromatic N) is 1. The van der Waals surface area contributed by atoms with E-state index in [1.54, 1.807) is 0 Å². The van der Waals surface area contributed by atoms with Crippen LogP contribution in [0.5, 0.6) is 0 Å². The molecule has 1 saturated carbocycles. The normalized spacial score (nSPS) is 34.9. The molecule has 3 N–H and O–H groups in total. The highest BCUT2D eigenvalue weighted by atomic mass is 16.2. The Morgan fingerprint density at radius 2 is 2.10 bits per heavy atom. The molecule has 0 spiro atoms. The van der Waals surface area contributed by atoms with E-state index in [0.717, 1.165) is 19.3 Å². The van der Waals surface area contributed by atoms with Gasteiger partial charge >= 0.3 is 0 Å². The highest BCUT2D eigenvalue weighted by Gasteiger charge is 2.39. The molecule has 0 bridgehead atoms. The smallest absolute Gasteiger partial charge is 0.249 e. The van der Waals surface area contributed by atoms with E-state index in [1.807, 2.05) is 6.92 Å². The van der Waals surface area contributed by atoms with Gasteiger partial charge in [-0.15, -0.1) is 0 Å². The summed E-state index contributed by atoms with van der Waals surface area (Å²) in [6.45, 7) is 3.88. The van der Waals surface area contributed by atoms with Crippen LogP contribution in [0.15, 0.2) is 0 Å². The van der Waals surface area contributed by atoms with Crippen LogP contribution >= 0.6 is 0 Å². The average Bonchev–Trinajstić information content (AvgIpc) is 2.40. The molecule has 1 aliphatic carbocycles. The van der Waals surface area contributed by atoms with E-state index < -0.39 is 11.9 Å². The lowest BCUT2D eigenvalue weighted by Crippen LogP contribution is -2.61. The average molecular weight is 281 g/mol. The molecule has 2 rings (SSSR count). The Kier molecular flexibility index (Phi) is 4.42. The Labute approximate surface area is 119 Å². The zero-order valence-electron chi connectivity index (χ0n) is 12.1. The molecule has 4 unspecified atom stereocenters. The van der Waals surface area contributed by atoms with Crippen molar-refractivity contribution >= 4 is 17.7 Å². The molecular formula is C14H23N3O3. The van der Waals surface area contributed by atoms with Crippen molar-refractivity contribution in [3.05, 3.63) is 0 Å². The Bertz CT molecular complexity index is 424. The second-order valence-corrected chi connectivity index (χ2v) is 5.95. The SMILES string of the molecule is CCC1C(=O)NC(=O)CN1C(=O)C1CCC(N)C(C)C1. The second kappa shape index (κ2) is 5.91. The van der Waals surface area contributed by atoms with Crippen LogP contribution in [0.1, 0.15) is 39.5 Å². The van der Waals surface area contributed by atoms with Gasteiger partial charge in [0.15, 0.2) is 0 Å². The van der Waals surface area contributed by atoms with E-state index in [1.165, 1.54) is 4.90 Å². The summed E-state index contributed by atoms with van der Waals surface area (Å²) in [6, 6.07) is -0.376. The minimum absolute atomic E-state index is 0.0139. The number of amides is 3. The van der Waals surface area contributed by atoms with E-state index >= 15 is 0 Å². The lowest BCUT2D eigenvalue weighted by Gasteiger charge is -2.38. The third kappa shape index (κ3) is 2.85. The van der Waals surface area contributed by atoms with Gasteiger partial charge in [-0.05, 0) is 31.6 Å². The molecule has 1 aliphatic heterocycles. The van der Waals surface area contributed by atoms with E-state index in [-0.39, 0.29) is 30.3 Å². The topological polar surface area (TPSA) is 92.5 Å². The summed E-state index contributed by atoms with van der Waals surface area (Å²) < 4.78 is 0. The fourth-order valence-electron chi connectivity index (χ4n) is 3.18. The summed E-state index contributed by atoms with van der Waals surface area (Å²) in [4.78, 5) is 37.4. The summed E-state index contributed by atoms with van der Waals surface area (Å²) >= 11 is 0. The quantitative estimate of drug-likeness (QED) is 0.698. The monoisotopic (exact) mass is 281 g/mol. The van der Waals surface area contributed by atoms with Crippen LogP contribution in [-0.2, 0) is 14.4 Å². The van der Waals surface area contributed by atoms with Crippen LogP contribution in [0.3, 0.4) is 0 Å². The first-order valence-electron chi connectivity index (χ1n) is 7.33. The minimum Gasteiger partial charge on any atom is -0.327 e. The lowest BCUT2D eigenvalue weighted by atomic mass is 9.78. The van der Waals surface area contributed by atoms with E-state index in [9.17, 15) is 14.4 Å². The first-order valence-corrected chi connectivity index (χ1v) is 7.33. The van der Waals surface area contributed by atoms with E-state index in [2.05, 4.69) is 12.2 Å². The fourth-order valence-corrected chi connectivity index (χ4v) is 3.18. The largest absolute Gasteiger partial charge is 0.327 e. The number of nitrogens with one attached hydrogen (secondary N) is 1. The predicted octanol–water partition coefficient (Wildman–Crippen LogP) is 0.0135. The number of rotatable bonds is 2. The summed E-state index contributed by atoms with van der Waals surface area (Å²) in [6.07, 6.45) is 2.82. The van der Waals surface area contributed by atoms with Gasteiger partial charge in [0.25, 0.3) is 0 Å². The highest BCUT2D eigenvalue weighted by Crippen LogP contribution is 2.30. The van der Waals surface area contributed by atoms with Gasteiger partial charge in [-0.25, -0.2) is 0 Å². The minimum atomic E-state index is -0.522. The predicted molar refractivity (Wildman–Crippen MR) is 73.4 cm³/mol. The van der Waals surface area contributed by atoms with Crippen molar-refractivity contribution in [3.8, 4) is 0 Å². The van der Waals surface area contributed by atoms with Crippen molar-refractivity contribution in [2.24, 2.45) is 17.6 Å². The van der Waals surface area contributed by atoms with Crippen LogP contribution in [0, 0.1) is 11.8 Å². The molecule has 0 radical (unpaired) electrons. The molecule has 1 heterocycles. The van der Waals surface area contributed by atoms with Crippen molar-refractivity contribution in [2.45, 2.75) is 51.6 Å². The van der Waals surface area contributed by atoms with Gasteiger partial charge < -0.3 is 10.6 Å². The van der Waals surface area contributed by atoms with Gasteiger partial charge in [0.05, 0.1) is 0 Å². The maximum Gasteiger partial charge on any atom is 0.249 e. The first kappa shape index (κ1) is 15.0. The number of nitrogens with two attached hydrogens (primary N) is 1. The van der Waals surface area contributed by atoms with Gasteiger partial charge in [-0.2, -0.15) is 0 Å². The van der Waals surface area contributed by atoms with Gasteiger partial charge in [0.2, 0.25) is 17.7 Å². The molecule has 0 aromatic heterocycles. The van der Waals surface area contributed by atoms with Gasteiger partial charge in [0, 0.05) is 12.0 Å². The molecule has 1 saturated heterocycles. The molecule has 112 valence electrons. The molecule has 6 heteroatoms. The Hall–Kier alpha value is -1.43. The van der Waals surface area contributed by atoms with Crippen LogP contribution < -0.4 is 11.1 Å². The number of hydrogen-bond donors (Lipinski definition) is 2. The standard InChI is InChI=1S/C14H23N3O3/c1-3-11-13(19)16-12(18)7-17(11)14(20)9-4-5-10(15)8(2)6-9/h8-11H,3-7,15H2,1-2H3,(H,16,18,19). The van der Waals surface area contributed by atoms with Gasteiger partial charge in [-0.3, -0.25) is 19.7 Å². The third-order valence-corrected chi connectivity index (χ3v) is 4.51. The van der Waals surface area contributed by atoms with Crippen LogP contribution in [0.4, 0.5) is 0 Å². The molecule has 20 heavy (non-hydrogen) atoms. The van der Waals surface area contributed by atoms with Gasteiger partial charge in [-0.1, -0.05) is 13.8 Å². The van der Waals surface area contributed by atoms with Crippen molar-refractivity contribution < 1.29 is 14.4 Å². The molecule has 2 fully saturated rings. The summed E-state index contributed by atoms with van der Waals surface area (Å²) in [5.74, 6) is -0.644. The number of imide groups is 1. The molecule has 2 aliphatic rings. The van der Waals surface area contributed by atoms with Crippen LogP contribution in [-0.4, -0.2) is 41.2 Å². The lowest BCUT2D eigenvalue weighted by molar-refractivity contribution is -0.153. The van der Waals surface area contributed by atoms with Crippen LogP contribution in [0.25, 0.3) is 0 Å². The van der Waals surface area contributed by atoms with Crippen molar-refractivity contribution in [3.63, 3.8) is 0 Å².